The Morgan fingerprint density at radius 1 is 1.44 bits per heavy atom. The van der Waals surface area contributed by atoms with E-state index in [9.17, 15) is 9.59 Å². The van der Waals surface area contributed by atoms with E-state index in [-0.39, 0.29) is 12.1 Å². The van der Waals surface area contributed by atoms with Crippen molar-refractivity contribution in [1.29, 1.82) is 0 Å². The maximum Gasteiger partial charge on any atom is 0.328 e. The minimum Gasteiger partial charge on any atom is -0.314 e. The maximum absolute atomic E-state index is 11.7. The monoisotopic (exact) mass is 312 g/mol. The van der Waals surface area contributed by atoms with E-state index < -0.39 is 5.69 Å². The number of aromatic nitrogens is 4. The number of aryl methyl sites for hydroxylation is 2. The quantitative estimate of drug-likeness (QED) is 0.914. The van der Waals surface area contributed by atoms with Crippen LogP contribution in [0.1, 0.15) is 18.3 Å². The smallest absolute Gasteiger partial charge is 0.314 e. The SMILES string of the molecule is CCn1nc(C)c(Br)c1Cn1c(=O)cc[nH]c1=O. The fourth-order valence-corrected chi connectivity index (χ4v) is 2.18. The summed E-state index contributed by atoms with van der Waals surface area (Å²) < 4.78 is 3.76. The number of rotatable bonds is 3. The molecule has 0 radical (unpaired) electrons. The maximum atomic E-state index is 11.7. The van der Waals surface area contributed by atoms with Crippen LogP contribution in [0.15, 0.2) is 26.3 Å². The van der Waals surface area contributed by atoms with Crippen LogP contribution >= 0.6 is 15.9 Å². The van der Waals surface area contributed by atoms with Gasteiger partial charge < -0.3 is 4.98 Å². The van der Waals surface area contributed by atoms with E-state index in [4.69, 9.17) is 0 Å². The Balaban J connectivity index is 2.53. The van der Waals surface area contributed by atoms with Crippen LogP contribution in [-0.4, -0.2) is 19.3 Å². The molecule has 0 aliphatic rings. The molecule has 18 heavy (non-hydrogen) atoms. The minimum atomic E-state index is -0.420. The molecule has 0 fully saturated rings. The van der Waals surface area contributed by atoms with Gasteiger partial charge in [0.2, 0.25) is 0 Å². The Labute approximate surface area is 111 Å². The zero-order valence-electron chi connectivity index (χ0n) is 10.1. The molecule has 2 aromatic heterocycles. The number of hydrogen-bond acceptors (Lipinski definition) is 3. The van der Waals surface area contributed by atoms with Crippen molar-refractivity contribution in [2.45, 2.75) is 26.9 Å². The van der Waals surface area contributed by atoms with Gasteiger partial charge in [-0.1, -0.05) is 0 Å². The van der Waals surface area contributed by atoms with Crippen LogP contribution in [0, 0.1) is 6.92 Å². The highest BCUT2D eigenvalue weighted by molar-refractivity contribution is 9.10. The van der Waals surface area contributed by atoms with E-state index >= 15 is 0 Å². The molecule has 0 aliphatic carbocycles. The molecule has 2 rings (SSSR count). The summed E-state index contributed by atoms with van der Waals surface area (Å²) in [5.41, 5.74) is 0.907. The van der Waals surface area contributed by atoms with Crippen molar-refractivity contribution < 1.29 is 0 Å². The van der Waals surface area contributed by atoms with E-state index in [1.807, 2.05) is 13.8 Å². The highest BCUT2D eigenvalue weighted by Crippen LogP contribution is 2.21. The highest BCUT2D eigenvalue weighted by atomic mass is 79.9. The fourth-order valence-electron chi connectivity index (χ4n) is 1.77. The molecule has 7 heteroatoms. The molecule has 6 nitrogen and oxygen atoms in total. The molecule has 0 aromatic carbocycles. The molecule has 1 N–H and O–H groups in total. The zero-order chi connectivity index (χ0) is 13.3. The molecule has 0 saturated heterocycles. The van der Waals surface area contributed by atoms with Gasteiger partial charge in [-0.15, -0.1) is 0 Å². The summed E-state index contributed by atoms with van der Waals surface area (Å²) in [4.78, 5) is 25.8. The Hall–Kier alpha value is -1.63. The number of nitrogens with zero attached hydrogens (tertiary/aromatic N) is 3. The van der Waals surface area contributed by atoms with E-state index in [0.29, 0.717) is 6.54 Å². The van der Waals surface area contributed by atoms with Gasteiger partial charge in [0.25, 0.3) is 5.56 Å². The molecule has 0 aliphatic heterocycles. The van der Waals surface area contributed by atoms with Crippen molar-refractivity contribution in [1.82, 2.24) is 19.3 Å². The molecular formula is C11H13BrN4O2. The van der Waals surface area contributed by atoms with Crippen molar-refractivity contribution in [2.75, 3.05) is 0 Å². The second kappa shape index (κ2) is 4.93. The topological polar surface area (TPSA) is 72.7 Å². The van der Waals surface area contributed by atoms with E-state index in [1.165, 1.54) is 12.3 Å². The van der Waals surface area contributed by atoms with E-state index in [0.717, 1.165) is 20.4 Å². The van der Waals surface area contributed by atoms with Gasteiger partial charge in [-0.3, -0.25) is 14.0 Å². The van der Waals surface area contributed by atoms with Gasteiger partial charge in [0.15, 0.2) is 0 Å². The molecule has 0 atom stereocenters. The van der Waals surface area contributed by atoms with Crippen LogP contribution < -0.4 is 11.2 Å². The van der Waals surface area contributed by atoms with Gasteiger partial charge in [0.05, 0.1) is 22.4 Å². The van der Waals surface area contributed by atoms with Crippen molar-refractivity contribution in [3.63, 3.8) is 0 Å². The molecule has 96 valence electrons. The number of halogens is 1. The predicted octanol–water partition coefficient (Wildman–Crippen LogP) is 0.872. The van der Waals surface area contributed by atoms with E-state index in [1.54, 1.807) is 4.68 Å². The molecule has 0 saturated carbocycles. The van der Waals surface area contributed by atoms with Gasteiger partial charge >= 0.3 is 5.69 Å². The number of H-pyrrole nitrogens is 1. The Morgan fingerprint density at radius 3 is 2.78 bits per heavy atom. The summed E-state index contributed by atoms with van der Waals surface area (Å²) in [7, 11) is 0. The minimum absolute atomic E-state index is 0.199. The van der Waals surface area contributed by atoms with Crippen molar-refractivity contribution in [2.24, 2.45) is 0 Å². The third-order valence-electron chi connectivity index (χ3n) is 2.70. The molecule has 2 heterocycles. The molecule has 0 unspecified atom stereocenters. The summed E-state index contributed by atoms with van der Waals surface area (Å²) in [6, 6.07) is 1.33. The molecule has 0 spiro atoms. The second-order valence-corrected chi connectivity index (χ2v) is 4.66. The third-order valence-corrected chi connectivity index (χ3v) is 3.74. The molecule has 0 bridgehead atoms. The molecule has 2 aromatic rings. The number of hydrogen-bond donors (Lipinski definition) is 1. The lowest BCUT2D eigenvalue weighted by Crippen LogP contribution is -2.34. The normalized spacial score (nSPS) is 10.8. The largest absolute Gasteiger partial charge is 0.328 e. The summed E-state index contributed by atoms with van der Waals surface area (Å²) in [6.45, 7) is 4.71. The first-order valence-corrected chi connectivity index (χ1v) is 6.34. The first kappa shape index (κ1) is 12.8. The van der Waals surface area contributed by atoms with Gasteiger partial charge in [0.1, 0.15) is 0 Å². The average molecular weight is 313 g/mol. The van der Waals surface area contributed by atoms with Crippen LogP contribution in [0.25, 0.3) is 0 Å². The van der Waals surface area contributed by atoms with Gasteiger partial charge in [-0.25, -0.2) is 4.79 Å². The third kappa shape index (κ3) is 2.17. The Bertz CT molecular complexity index is 655. The standard InChI is InChI=1S/C11H13BrN4O2/c1-3-16-8(10(12)7(2)14-16)6-15-9(17)4-5-13-11(15)18/h4-5H,3,6H2,1-2H3,(H,13,18). The van der Waals surface area contributed by atoms with Crippen LogP contribution in [0.3, 0.4) is 0 Å². The fraction of sp³-hybridized carbons (Fsp3) is 0.364. The molecule has 0 amide bonds. The predicted molar refractivity (Wildman–Crippen MR) is 70.8 cm³/mol. The van der Waals surface area contributed by atoms with Crippen LogP contribution in [0.5, 0.6) is 0 Å². The lowest BCUT2D eigenvalue weighted by atomic mass is 10.3. The zero-order valence-corrected chi connectivity index (χ0v) is 11.7. The van der Waals surface area contributed by atoms with Crippen LogP contribution in [0.2, 0.25) is 0 Å². The lowest BCUT2D eigenvalue weighted by molar-refractivity contribution is 0.579. The summed E-state index contributed by atoms with van der Waals surface area (Å²) in [5.74, 6) is 0. The summed E-state index contributed by atoms with van der Waals surface area (Å²) in [5, 5.41) is 4.33. The van der Waals surface area contributed by atoms with Crippen LogP contribution in [-0.2, 0) is 13.1 Å². The lowest BCUT2D eigenvalue weighted by Gasteiger charge is -2.06. The van der Waals surface area contributed by atoms with Crippen LogP contribution in [0.4, 0.5) is 0 Å². The van der Waals surface area contributed by atoms with E-state index in [2.05, 4.69) is 26.0 Å². The first-order valence-electron chi connectivity index (χ1n) is 5.55. The van der Waals surface area contributed by atoms with Crippen molar-refractivity contribution in [3.05, 3.63) is 49.0 Å². The van der Waals surface area contributed by atoms with Crippen molar-refractivity contribution >= 4 is 15.9 Å². The van der Waals surface area contributed by atoms with Gasteiger partial charge in [-0.05, 0) is 29.8 Å². The number of aromatic amines is 1. The highest BCUT2D eigenvalue weighted by Gasteiger charge is 2.14. The Morgan fingerprint density at radius 2 is 2.17 bits per heavy atom. The number of nitrogens with one attached hydrogen (secondary N) is 1. The Kier molecular flexibility index (Phi) is 3.51. The van der Waals surface area contributed by atoms with Gasteiger partial charge in [0, 0.05) is 18.8 Å². The summed E-state index contributed by atoms with van der Waals surface area (Å²) >= 11 is 3.44. The average Bonchev–Trinajstić information content (AvgIpc) is 2.61. The summed E-state index contributed by atoms with van der Waals surface area (Å²) in [6.07, 6.45) is 1.35. The van der Waals surface area contributed by atoms with Gasteiger partial charge in [-0.2, -0.15) is 5.10 Å². The first-order chi connectivity index (χ1) is 8.54. The second-order valence-electron chi connectivity index (χ2n) is 3.87. The van der Waals surface area contributed by atoms with Crippen molar-refractivity contribution in [3.8, 4) is 0 Å². The molecular weight excluding hydrogens is 300 g/mol.